The Labute approximate surface area is 82.5 Å². The van der Waals surface area contributed by atoms with Crippen molar-refractivity contribution >= 4 is 15.9 Å². The number of hydrogen-bond donors (Lipinski definition) is 0. The molecule has 0 aliphatic heterocycles. The van der Waals surface area contributed by atoms with Crippen molar-refractivity contribution in [3.63, 3.8) is 0 Å². The summed E-state index contributed by atoms with van der Waals surface area (Å²) >= 11 is 3.43. The van der Waals surface area contributed by atoms with Gasteiger partial charge in [0.25, 0.3) is 0 Å². The van der Waals surface area contributed by atoms with E-state index in [1.807, 2.05) is 26.2 Å². The van der Waals surface area contributed by atoms with Crippen molar-refractivity contribution in [1.29, 1.82) is 0 Å². The Morgan fingerprint density at radius 2 is 2.08 bits per heavy atom. The first-order valence-corrected chi connectivity index (χ1v) is 4.65. The molecule has 1 rings (SSSR count). The fourth-order valence-corrected chi connectivity index (χ4v) is 1.43. The van der Waals surface area contributed by atoms with Crippen molar-refractivity contribution in [3.8, 4) is 0 Å². The second-order valence-electron chi connectivity index (χ2n) is 3.03. The highest BCUT2D eigenvalue weighted by atomic mass is 79.9. The maximum absolute atomic E-state index is 4.05. The molecule has 65 valence electrons. The molecule has 1 atom stereocenters. The molecule has 0 fully saturated rings. The van der Waals surface area contributed by atoms with Crippen LogP contribution in [0, 0.1) is 6.92 Å². The molecule has 0 aliphatic rings. The van der Waals surface area contributed by atoms with Crippen LogP contribution < -0.4 is 0 Å². The summed E-state index contributed by atoms with van der Waals surface area (Å²) in [7, 11) is 4.05. The molecule has 1 unspecified atom stereocenters. The molecule has 0 N–H and O–H groups in total. The monoisotopic (exact) mass is 226 g/mol. The number of rotatable bonds is 2. The lowest BCUT2D eigenvalue weighted by atomic mass is 10.1. The summed E-state index contributed by atoms with van der Waals surface area (Å²) in [4.78, 5) is 2.09. The molecular weight excluding hydrogens is 214 g/mol. The maximum Gasteiger partial charge on any atom is 0.0343 e. The molecule has 0 amide bonds. The summed E-state index contributed by atoms with van der Waals surface area (Å²) in [5.74, 6) is 0. The van der Waals surface area contributed by atoms with E-state index in [2.05, 4.69) is 39.9 Å². The minimum absolute atomic E-state index is 0.225. The van der Waals surface area contributed by atoms with Crippen molar-refractivity contribution in [1.82, 2.24) is 4.90 Å². The lowest BCUT2D eigenvalue weighted by molar-refractivity contribution is 0.348. The van der Waals surface area contributed by atoms with Crippen molar-refractivity contribution < 1.29 is 0 Å². The van der Waals surface area contributed by atoms with Crippen LogP contribution >= 0.6 is 15.9 Å². The van der Waals surface area contributed by atoms with Crippen LogP contribution in [-0.4, -0.2) is 19.0 Å². The van der Waals surface area contributed by atoms with Crippen LogP contribution in [0.5, 0.6) is 0 Å². The fraction of sp³-hybridized carbons (Fsp3) is 0.300. The zero-order valence-electron chi connectivity index (χ0n) is 7.42. The average Bonchev–Trinajstić information content (AvgIpc) is 2.03. The summed E-state index contributed by atoms with van der Waals surface area (Å²) in [6.45, 7) is 4.05. The van der Waals surface area contributed by atoms with Gasteiger partial charge in [-0.25, -0.2) is 0 Å². The van der Waals surface area contributed by atoms with E-state index in [0.29, 0.717) is 0 Å². The second-order valence-corrected chi connectivity index (χ2v) is 3.95. The molecule has 0 spiro atoms. The summed E-state index contributed by atoms with van der Waals surface area (Å²) < 4.78 is 1.11. The molecule has 0 heterocycles. The molecule has 1 aromatic rings. The first-order valence-electron chi connectivity index (χ1n) is 3.86. The minimum Gasteiger partial charge on any atom is -0.302 e. The van der Waals surface area contributed by atoms with Gasteiger partial charge in [-0.3, -0.25) is 0 Å². The fourth-order valence-electron chi connectivity index (χ4n) is 1.01. The maximum atomic E-state index is 4.05. The van der Waals surface area contributed by atoms with Gasteiger partial charge in [-0.05, 0) is 38.7 Å². The van der Waals surface area contributed by atoms with Gasteiger partial charge in [0.15, 0.2) is 0 Å². The smallest absolute Gasteiger partial charge is 0.0343 e. The third kappa shape index (κ3) is 2.32. The SMILES string of the molecule is [CH2]C(c1cccc(Br)c1)N(C)C. The zero-order valence-corrected chi connectivity index (χ0v) is 9.01. The quantitative estimate of drug-likeness (QED) is 0.750. The third-order valence-corrected chi connectivity index (χ3v) is 2.35. The Morgan fingerprint density at radius 3 is 2.58 bits per heavy atom. The summed E-state index contributed by atoms with van der Waals surface area (Å²) in [5.41, 5.74) is 1.23. The van der Waals surface area contributed by atoms with Crippen LogP contribution in [0.15, 0.2) is 28.7 Å². The molecule has 0 bridgehead atoms. The van der Waals surface area contributed by atoms with E-state index in [9.17, 15) is 0 Å². The highest BCUT2D eigenvalue weighted by molar-refractivity contribution is 9.10. The Bertz CT molecular complexity index is 258. The summed E-state index contributed by atoms with van der Waals surface area (Å²) in [6.07, 6.45) is 0. The molecule has 1 aromatic carbocycles. The molecule has 0 aliphatic carbocycles. The number of halogens is 1. The molecule has 0 saturated heterocycles. The van der Waals surface area contributed by atoms with Crippen LogP contribution in [0.4, 0.5) is 0 Å². The van der Waals surface area contributed by atoms with Crippen molar-refractivity contribution in [2.45, 2.75) is 6.04 Å². The largest absolute Gasteiger partial charge is 0.302 e. The normalized spacial score (nSPS) is 13.4. The molecule has 1 nitrogen and oxygen atoms in total. The first kappa shape index (κ1) is 9.75. The minimum atomic E-state index is 0.225. The highest BCUT2D eigenvalue weighted by Crippen LogP contribution is 2.20. The van der Waals surface area contributed by atoms with Gasteiger partial charge in [-0.2, -0.15) is 0 Å². The Morgan fingerprint density at radius 1 is 1.42 bits per heavy atom. The Balaban J connectivity index is 2.88. The summed E-state index contributed by atoms with van der Waals surface area (Å²) in [6, 6.07) is 8.45. The van der Waals surface area contributed by atoms with Gasteiger partial charge in [0.2, 0.25) is 0 Å². The summed E-state index contributed by atoms with van der Waals surface area (Å²) in [5, 5.41) is 0. The van der Waals surface area contributed by atoms with Crippen LogP contribution in [0.3, 0.4) is 0 Å². The predicted molar refractivity (Wildman–Crippen MR) is 55.9 cm³/mol. The Hall–Kier alpha value is -0.340. The molecule has 0 saturated carbocycles. The predicted octanol–water partition coefficient (Wildman–Crippen LogP) is 2.89. The van der Waals surface area contributed by atoms with E-state index in [4.69, 9.17) is 0 Å². The van der Waals surface area contributed by atoms with Crippen molar-refractivity contribution in [2.75, 3.05) is 14.1 Å². The van der Waals surface area contributed by atoms with E-state index in [0.717, 1.165) is 4.47 Å². The number of benzene rings is 1. The van der Waals surface area contributed by atoms with Gasteiger partial charge < -0.3 is 4.90 Å². The average molecular weight is 227 g/mol. The number of hydrogen-bond acceptors (Lipinski definition) is 1. The molecular formula is C10H13BrN. The van der Waals surface area contributed by atoms with Crippen LogP contribution in [0.25, 0.3) is 0 Å². The van der Waals surface area contributed by atoms with Crippen molar-refractivity contribution in [2.24, 2.45) is 0 Å². The van der Waals surface area contributed by atoms with Gasteiger partial charge in [0.1, 0.15) is 0 Å². The standard InChI is InChI=1S/C10H13BrN/c1-8(12(2)3)9-5-4-6-10(11)7-9/h4-8H,1H2,2-3H3. The van der Waals surface area contributed by atoms with Gasteiger partial charge >= 0.3 is 0 Å². The lowest BCUT2D eigenvalue weighted by Crippen LogP contribution is -2.16. The van der Waals surface area contributed by atoms with E-state index < -0.39 is 0 Å². The lowest BCUT2D eigenvalue weighted by Gasteiger charge is -2.19. The van der Waals surface area contributed by atoms with E-state index in [1.54, 1.807) is 0 Å². The zero-order chi connectivity index (χ0) is 9.14. The van der Waals surface area contributed by atoms with Crippen LogP contribution in [0.2, 0.25) is 0 Å². The van der Waals surface area contributed by atoms with Gasteiger partial charge in [0, 0.05) is 10.5 Å². The van der Waals surface area contributed by atoms with Gasteiger partial charge in [-0.1, -0.05) is 28.1 Å². The van der Waals surface area contributed by atoms with Gasteiger partial charge in [0.05, 0.1) is 0 Å². The number of nitrogens with zero attached hydrogens (tertiary/aromatic N) is 1. The van der Waals surface area contributed by atoms with Gasteiger partial charge in [-0.15, -0.1) is 0 Å². The second kappa shape index (κ2) is 4.06. The van der Waals surface area contributed by atoms with Crippen LogP contribution in [0.1, 0.15) is 11.6 Å². The van der Waals surface area contributed by atoms with E-state index in [-0.39, 0.29) is 6.04 Å². The molecule has 2 heteroatoms. The third-order valence-electron chi connectivity index (χ3n) is 1.86. The molecule has 12 heavy (non-hydrogen) atoms. The van der Waals surface area contributed by atoms with E-state index >= 15 is 0 Å². The highest BCUT2D eigenvalue weighted by Gasteiger charge is 2.06. The van der Waals surface area contributed by atoms with E-state index in [1.165, 1.54) is 5.56 Å². The molecule has 1 radical (unpaired) electrons. The van der Waals surface area contributed by atoms with Crippen LogP contribution in [-0.2, 0) is 0 Å². The molecule has 0 aromatic heterocycles. The first-order chi connectivity index (χ1) is 5.61. The Kier molecular flexibility index (Phi) is 3.29. The topological polar surface area (TPSA) is 3.24 Å². The van der Waals surface area contributed by atoms with Crippen molar-refractivity contribution in [3.05, 3.63) is 41.2 Å².